The molecule has 0 aliphatic carbocycles. The zero-order valence-corrected chi connectivity index (χ0v) is 12.7. The summed E-state index contributed by atoms with van der Waals surface area (Å²) in [6.45, 7) is 4.45. The van der Waals surface area contributed by atoms with Crippen LogP contribution in [0.15, 0.2) is 21.7 Å². The molecule has 0 bridgehead atoms. The van der Waals surface area contributed by atoms with Gasteiger partial charge < -0.3 is 10.5 Å². The lowest BCUT2D eigenvalue weighted by Gasteiger charge is -2.19. The average Bonchev–Trinajstić information content (AvgIpc) is 2.46. The second-order valence-corrected chi connectivity index (χ2v) is 4.07. The normalized spacial score (nSPS) is 16.9. The maximum Gasteiger partial charge on any atom is 0.282 e. The van der Waals surface area contributed by atoms with Gasteiger partial charge in [0.15, 0.2) is 0 Å². The van der Waals surface area contributed by atoms with E-state index in [1.54, 1.807) is 6.07 Å². The fourth-order valence-corrected chi connectivity index (χ4v) is 1.78. The van der Waals surface area contributed by atoms with E-state index in [0.29, 0.717) is 25.8 Å². The number of hydrogen-bond donors (Lipinski definition) is 1. The minimum absolute atomic E-state index is 0.102. The van der Waals surface area contributed by atoms with Crippen molar-refractivity contribution in [1.82, 2.24) is 4.98 Å². The second kappa shape index (κ2) is 9.66. The number of aliphatic imine (C=N–C) groups is 1. The smallest absolute Gasteiger partial charge is 0.282 e. The van der Waals surface area contributed by atoms with Crippen LogP contribution >= 0.6 is 15.9 Å². The Balaban J connectivity index is 0.000000741. The molecule has 108 valence electrons. The first-order valence-electron chi connectivity index (χ1n) is 5.81. The molecule has 1 atom stereocenters. The third-order valence-corrected chi connectivity index (χ3v) is 2.55. The highest BCUT2D eigenvalue weighted by Crippen LogP contribution is 2.27. The summed E-state index contributed by atoms with van der Waals surface area (Å²) >= 11 is 3.24. The Kier molecular flexibility index (Phi) is 9.03. The summed E-state index contributed by atoms with van der Waals surface area (Å²) in [6.07, 6.45) is 2.01. The van der Waals surface area contributed by atoms with Crippen LogP contribution in [0.25, 0.3) is 0 Å². The van der Waals surface area contributed by atoms with Crippen molar-refractivity contribution in [3.05, 3.63) is 28.2 Å². The Morgan fingerprint density at radius 2 is 2.05 bits per heavy atom. The van der Waals surface area contributed by atoms with Gasteiger partial charge in [-0.25, -0.2) is 9.98 Å². The molecule has 0 saturated carbocycles. The molecule has 1 aliphatic rings. The highest BCUT2D eigenvalue weighted by molar-refractivity contribution is 9.10. The third kappa shape index (κ3) is 5.50. The molecular formula is C12H18BrF2N3O. The van der Waals surface area contributed by atoms with Crippen molar-refractivity contribution in [1.29, 1.82) is 0 Å². The minimum Gasteiger partial charge on any atom is -0.465 e. The number of nitrogens with zero attached hydrogens (tertiary/aromatic N) is 2. The number of ether oxygens (including phenoxy) is 1. The van der Waals surface area contributed by atoms with E-state index in [0.717, 1.165) is 4.47 Å². The van der Waals surface area contributed by atoms with Crippen molar-refractivity contribution in [3.8, 4) is 0 Å². The number of rotatable bonds is 1. The Bertz CT molecular complexity index is 416. The SMILES string of the molecule is CC.CF.NC1=NC(c2cc(Br)cnc2F)CCO1. The van der Waals surface area contributed by atoms with E-state index in [2.05, 4.69) is 25.9 Å². The zero-order chi connectivity index (χ0) is 14.8. The third-order valence-electron chi connectivity index (χ3n) is 2.12. The minimum atomic E-state index is -0.512. The molecule has 2 heterocycles. The Morgan fingerprint density at radius 1 is 1.42 bits per heavy atom. The summed E-state index contributed by atoms with van der Waals surface area (Å²) in [7, 11) is 0.500. The fourth-order valence-electron chi connectivity index (χ4n) is 1.43. The Hall–Kier alpha value is -1.24. The topological polar surface area (TPSA) is 60.5 Å². The predicted octanol–water partition coefficient (Wildman–Crippen LogP) is 3.37. The molecule has 0 saturated heterocycles. The largest absolute Gasteiger partial charge is 0.465 e. The second-order valence-electron chi connectivity index (χ2n) is 3.15. The number of alkyl halides is 1. The van der Waals surface area contributed by atoms with Crippen LogP contribution in [0, 0.1) is 5.95 Å². The molecule has 0 aromatic carbocycles. The van der Waals surface area contributed by atoms with E-state index in [4.69, 9.17) is 10.5 Å². The molecule has 0 fully saturated rings. The highest BCUT2D eigenvalue weighted by Gasteiger charge is 2.20. The fraction of sp³-hybridized carbons (Fsp3) is 0.500. The van der Waals surface area contributed by atoms with Crippen LogP contribution < -0.4 is 5.73 Å². The van der Waals surface area contributed by atoms with Gasteiger partial charge in [-0.2, -0.15) is 4.39 Å². The lowest BCUT2D eigenvalue weighted by molar-refractivity contribution is 0.254. The number of amidine groups is 1. The molecule has 1 aliphatic heterocycles. The van der Waals surface area contributed by atoms with Gasteiger partial charge in [-0.15, -0.1) is 0 Å². The maximum atomic E-state index is 13.4. The first-order chi connectivity index (χ1) is 9.16. The van der Waals surface area contributed by atoms with Gasteiger partial charge >= 0.3 is 0 Å². The van der Waals surface area contributed by atoms with E-state index in [9.17, 15) is 8.78 Å². The number of halogens is 3. The molecule has 1 aromatic rings. The van der Waals surface area contributed by atoms with Gasteiger partial charge in [0.25, 0.3) is 6.02 Å². The first kappa shape index (κ1) is 17.8. The Labute approximate surface area is 120 Å². The first-order valence-corrected chi connectivity index (χ1v) is 6.61. The molecular weight excluding hydrogens is 320 g/mol. The molecule has 7 heteroatoms. The average molecular weight is 338 g/mol. The molecule has 1 unspecified atom stereocenters. The Morgan fingerprint density at radius 3 is 2.63 bits per heavy atom. The van der Waals surface area contributed by atoms with E-state index in [1.807, 2.05) is 13.8 Å². The van der Waals surface area contributed by atoms with Crippen molar-refractivity contribution in [2.75, 3.05) is 13.8 Å². The van der Waals surface area contributed by atoms with Gasteiger partial charge in [0.05, 0.1) is 19.8 Å². The molecule has 1 aromatic heterocycles. The van der Waals surface area contributed by atoms with Gasteiger partial charge in [-0.05, 0) is 22.0 Å². The van der Waals surface area contributed by atoms with Gasteiger partial charge in [-0.1, -0.05) is 13.8 Å². The highest BCUT2D eigenvalue weighted by atomic mass is 79.9. The molecule has 0 amide bonds. The monoisotopic (exact) mass is 337 g/mol. The number of pyridine rings is 1. The lowest BCUT2D eigenvalue weighted by atomic mass is 10.1. The lowest BCUT2D eigenvalue weighted by Crippen LogP contribution is -2.24. The van der Waals surface area contributed by atoms with E-state index in [-0.39, 0.29) is 12.1 Å². The molecule has 4 nitrogen and oxygen atoms in total. The van der Waals surface area contributed by atoms with Crippen molar-refractivity contribution in [3.63, 3.8) is 0 Å². The van der Waals surface area contributed by atoms with Gasteiger partial charge in [0.1, 0.15) is 0 Å². The number of nitrogens with two attached hydrogens (primary N) is 1. The van der Waals surface area contributed by atoms with E-state index < -0.39 is 5.95 Å². The summed E-state index contributed by atoms with van der Waals surface area (Å²) < 4.78 is 28.6. The van der Waals surface area contributed by atoms with Crippen molar-refractivity contribution < 1.29 is 13.5 Å². The van der Waals surface area contributed by atoms with Crippen molar-refractivity contribution >= 4 is 22.0 Å². The summed E-state index contributed by atoms with van der Waals surface area (Å²) in [6, 6.07) is 1.46. The summed E-state index contributed by atoms with van der Waals surface area (Å²) in [5, 5.41) is 0. The summed E-state index contributed by atoms with van der Waals surface area (Å²) in [5.74, 6) is -0.512. The molecule has 2 rings (SSSR count). The van der Waals surface area contributed by atoms with Crippen LogP contribution in [-0.4, -0.2) is 24.8 Å². The molecule has 2 N–H and O–H groups in total. The standard InChI is InChI=1S/C9H9BrFN3O.C2H6.CH3F/c10-5-3-6(8(11)13-4-5)7-1-2-15-9(12)14-7;2*1-2/h3-4,7H,1-2H2,(H2,12,14);1-2H3;1H3. The van der Waals surface area contributed by atoms with Gasteiger partial charge in [0, 0.05) is 22.7 Å². The number of aromatic nitrogens is 1. The maximum absolute atomic E-state index is 13.4. The van der Waals surface area contributed by atoms with Crippen molar-refractivity contribution in [2.45, 2.75) is 26.3 Å². The van der Waals surface area contributed by atoms with Crippen LogP contribution in [0.5, 0.6) is 0 Å². The van der Waals surface area contributed by atoms with Crippen LogP contribution in [0.2, 0.25) is 0 Å². The van der Waals surface area contributed by atoms with Crippen LogP contribution in [0.1, 0.15) is 31.9 Å². The summed E-state index contributed by atoms with van der Waals surface area (Å²) in [5.41, 5.74) is 5.86. The van der Waals surface area contributed by atoms with Crippen LogP contribution in [0.4, 0.5) is 8.78 Å². The molecule has 0 spiro atoms. The molecule has 0 radical (unpaired) electrons. The summed E-state index contributed by atoms with van der Waals surface area (Å²) in [4.78, 5) is 7.64. The number of hydrogen-bond acceptors (Lipinski definition) is 4. The molecule has 19 heavy (non-hydrogen) atoms. The predicted molar refractivity (Wildman–Crippen MR) is 75.2 cm³/mol. The van der Waals surface area contributed by atoms with E-state index >= 15 is 0 Å². The zero-order valence-electron chi connectivity index (χ0n) is 11.2. The van der Waals surface area contributed by atoms with Crippen LogP contribution in [0.3, 0.4) is 0 Å². The van der Waals surface area contributed by atoms with Crippen LogP contribution in [-0.2, 0) is 4.74 Å². The van der Waals surface area contributed by atoms with Gasteiger partial charge in [0.2, 0.25) is 5.95 Å². The van der Waals surface area contributed by atoms with Crippen molar-refractivity contribution in [2.24, 2.45) is 10.7 Å². The van der Waals surface area contributed by atoms with E-state index in [1.165, 1.54) is 6.20 Å². The van der Waals surface area contributed by atoms with Gasteiger partial charge in [-0.3, -0.25) is 4.39 Å². The quantitative estimate of drug-likeness (QED) is 0.799.